The molecule has 0 unspecified atom stereocenters. The number of aromatic amines is 1. The number of hydrogen-bond acceptors (Lipinski definition) is 3. The van der Waals surface area contributed by atoms with Gasteiger partial charge in [0.15, 0.2) is 0 Å². The average molecular weight is 280 g/mol. The molecule has 0 bridgehead atoms. The van der Waals surface area contributed by atoms with Gasteiger partial charge in [-0.15, -0.1) is 0 Å². The number of carboxylic acids is 1. The van der Waals surface area contributed by atoms with Crippen LogP contribution < -0.4 is 5.73 Å². The standard InChI is InChI=1S/C13H14ClN3O2/c14-9-3-1-2-8(4-9)5-11-12(17-7-16-11)6-10(15)13(18)19/h1-4,7,10H,5-6,15H2,(H,16,17)(H,18,19)/t10-/m0/s1. The van der Waals surface area contributed by atoms with Crippen molar-refractivity contribution in [2.75, 3.05) is 0 Å². The summed E-state index contributed by atoms with van der Waals surface area (Å²) in [5.74, 6) is -1.03. The van der Waals surface area contributed by atoms with E-state index in [1.807, 2.05) is 18.2 Å². The quantitative estimate of drug-likeness (QED) is 0.775. The van der Waals surface area contributed by atoms with Gasteiger partial charge in [0.2, 0.25) is 0 Å². The molecule has 0 aliphatic heterocycles. The predicted octanol–water partition coefficient (Wildman–Crippen LogP) is 1.61. The zero-order chi connectivity index (χ0) is 13.8. The number of carboxylic acid groups (broad SMARTS) is 1. The molecular weight excluding hydrogens is 266 g/mol. The van der Waals surface area contributed by atoms with Gasteiger partial charge in [-0.25, -0.2) is 4.98 Å². The van der Waals surface area contributed by atoms with Gasteiger partial charge in [-0.05, 0) is 17.7 Å². The Morgan fingerprint density at radius 3 is 3.00 bits per heavy atom. The summed E-state index contributed by atoms with van der Waals surface area (Å²) in [4.78, 5) is 17.9. The van der Waals surface area contributed by atoms with Crippen LogP contribution in [-0.2, 0) is 17.6 Å². The molecule has 6 heteroatoms. The number of benzene rings is 1. The molecule has 1 heterocycles. The second-order valence-corrected chi connectivity index (χ2v) is 4.72. The molecule has 2 rings (SSSR count). The van der Waals surface area contributed by atoms with Crippen LogP contribution >= 0.6 is 11.6 Å². The van der Waals surface area contributed by atoms with E-state index in [1.165, 1.54) is 0 Å². The summed E-state index contributed by atoms with van der Waals surface area (Å²) in [6.45, 7) is 0. The van der Waals surface area contributed by atoms with E-state index in [-0.39, 0.29) is 6.42 Å². The van der Waals surface area contributed by atoms with Gasteiger partial charge in [-0.2, -0.15) is 0 Å². The summed E-state index contributed by atoms with van der Waals surface area (Å²) in [5.41, 5.74) is 8.09. The van der Waals surface area contributed by atoms with Crippen LogP contribution in [0.15, 0.2) is 30.6 Å². The first-order valence-corrected chi connectivity index (χ1v) is 6.18. The Balaban J connectivity index is 2.13. The third-order valence-electron chi connectivity index (χ3n) is 2.81. The van der Waals surface area contributed by atoms with Gasteiger partial charge in [-0.3, -0.25) is 4.79 Å². The molecular formula is C13H14ClN3O2. The predicted molar refractivity (Wildman–Crippen MR) is 72.2 cm³/mol. The summed E-state index contributed by atoms with van der Waals surface area (Å²) in [6.07, 6.45) is 2.36. The minimum Gasteiger partial charge on any atom is -0.480 e. The molecule has 4 N–H and O–H groups in total. The topological polar surface area (TPSA) is 92.0 Å². The van der Waals surface area contributed by atoms with Crippen molar-refractivity contribution >= 4 is 17.6 Å². The van der Waals surface area contributed by atoms with Crippen LogP contribution in [-0.4, -0.2) is 27.1 Å². The molecule has 2 aromatic rings. The fraction of sp³-hybridized carbons (Fsp3) is 0.231. The Morgan fingerprint density at radius 2 is 2.32 bits per heavy atom. The summed E-state index contributed by atoms with van der Waals surface area (Å²) >= 11 is 5.93. The van der Waals surface area contributed by atoms with Gasteiger partial charge in [0.05, 0.1) is 12.0 Å². The zero-order valence-corrected chi connectivity index (χ0v) is 10.9. The summed E-state index contributed by atoms with van der Waals surface area (Å²) in [5, 5.41) is 9.48. The molecule has 1 aromatic carbocycles. The molecule has 0 spiro atoms. The molecule has 19 heavy (non-hydrogen) atoms. The highest BCUT2D eigenvalue weighted by Gasteiger charge is 2.16. The summed E-state index contributed by atoms with van der Waals surface area (Å²) in [7, 11) is 0. The van der Waals surface area contributed by atoms with Crippen LogP contribution in [0.5, 0.6) is 0 Å². The third kappa shape index (κ3) is 3.56. The number of imidazole rings is 1. The molecule has 1 atom stereocenters. The lowest BCUT2D eigenvalue weighted by molar-refractivity contribution is -0.138. The lowest BCUT2D eigenvalue weighted by Gasteiger charge is -2.07. The largest absolute Gasteiger partial charge is 0.480 e. The molecule has 0 aliphatic carbocycles. The normalized spacial score (nSPS) is 12.3. The summed E-state index contributed by atoms with van der Waals surface area (Å²) in [6, 6.07) is 6.55. The maximum atomic E-state index is 10.8. The second kappa shape index (κ2) is 5.86. The molecule has 0 amide bonds. The van der Waals surface area contributed by atoms with Crippen LogP contribution in [0, 0.1) is 0 Å². The van der Waals surface area contributed by atoms with E-state index in [0.29, 0.717) is 17.1 Å². The second-order valence-electron chi connectivity index (χ2n) is 4.28. The molecule has 0 radical (unpaired) electrons. The van der Waals surface area contributed by atoms with E-state index in [2.05, 4.69) is 9.97 Å². The molecule has 0 aliphatic rings. The first kappa shape index (κ1) is 13.6. The van der Waals surface area contributed by atoms with E-state index >= 15 is 0 Å². The number of nitrogens with two attached hydrogens (primary N) is 1. The van der Waals surface area contributed by atoms with E-state index < -0.39 is 12.0 Å². The number of halogens is 1. The molecule has 1 aromatic heterocycles. The Labute approximate surface area is 115 Å². The maximum Gasteiger partial charge on any atom is 0.320 e. The van der Waals surface area contributed by atoms with Crippen molar-refractivity contribution in [3.63, 3.8) is 0 Å². The minimum absolute atomic E-state index is 0.203. The van der Waals surface area contributed by atoms with E-state index in [9.17, 15) is 4.79 Å². The summed E-state index contributed by atoms with van der Waals surface area (Å²) < 4.78 is 0. The first-order valence-electron chi connectivity index (χ1n) is 5.80. The van der Waals surface area contributed by atoms with Gasteiger partial charge in [0, 0.05) is 23.6 Å². The fourth-order valence-corrected chi connectivity index (χ4v) is 2.04. The van der Waals surface area contributed by atoms with Crippen molar-refractivity contribution in [3.05, 3.63) is 52.6 Å². The number of carbonyl (C=O) groups is 1. The molecule has 0 saturated carbocycles. The van der Waals surface area contributed by atoms with Gasteiger partial charge in [-0.1, -0.05) is 23.7 Å². The van der Waals surface area contributed by atoms with Crippen LogP contribution in [0.3, 0.4) is 0 Å². The van der Waals surface area contributed by atoms with Crippen molar-refractivity contribution < 1.29 is 9.90 Å². The van der Waals surface area contributed by atoms with Crippen molar-refractivity contribution in [1.29, 1.82) is 0 Å². The van der Waals surface area contributed by atoms with Gasteiger partial charge in [0.25, 0.3) is 0 Å². The minimum atomic E-state index is -1.03. The maximum absolute atomic E-state index is 10.8. The lowest BCUT2D eigenvalue weighted by Crippen LogP contribution is -2.32. The van der Waals surface area contributed by atoms with E-state index in [1.54, 1.807) is 12.4 Å². The van der Waals surface area contributed by atoms with Crippen LogP contribution in [0.2, 0.25) is 5.02 Å². The smallest absolute Gasteiger partial charge is 0.320 e. The molecule has 5 nitrogen and oxygen atoms in total. The number of H-pyrrole nitrogens is 1. The van der Waals surface area contributed by atoms with Crippen molar-refractivity contribution in [2.45, 2.75) is 18.9 Å². The van der Waals surface area contributed by atoms with Crippen LogP contribution in [0.25, 0.3) is 0 Å². The van der Waals surface area contributed by atoms with Crippen molar-refractivity contribution in [2.24, 2.45) is 5.73 Å². The SMILES string of the molecule is N[C@@H](Cc1nc[nH]c1Cc1cccc(Cl)c1)C(=O)O. The van der Waals surface area contributed by atoms with Crippen LogP contribution in [0.1, 0.15) is 17.0 Å². The fourth-order valence-electron chi connectivity index (χ4n) is 1.82. The van der Waals surface area contributed by atoms with Gasteiger partial charge >= 0.3 is 5.97 Å². The zero-order valence-electron chi connectivity index (χ0n) is 10.1. The first-order chi connectivity index (χ1) is 9.06. The number of nitrogens with zero attached hydrogens (tertiary/aromatic N) is 1. The van der Waals surface area contributed by atoms with Gasteiger partial charge < -0.3 is 15.8 Å². The van der Waals surface area contributed by atoms with Crippen molar-refractivity contribution in [1.82, 2.24) is 9.97 Å². The Bertz CT molecular complexity index is 583. The highest BCUT2D eigenvalue weighted by atomic mass is 35.5. The Hall–Kier alpha value is -1.85. The highest BCUT2D eigenvalue weighted by molar-refractivity contribution is 6.30. The molecule has 100 valence electrons. The molecule has 0 fully saturated rings. The van der Waals surface area contributed by atoms with Gasteiger partial charge in [0.1, 0.15) is 6.04 Å². The third-order valence-corrected chi connectivity index (χ3v) is 3.04. The number of aliphatic carboxylic acids is 1. The Morgan fingerprint density at radius 1 is 1.53 bits per heavy atom. The van der Waals surface area contributed by atoms with E-state index in [4.69, 9.17) is 22.4 Å². The Kier molecular flexibility index (Phi) is 4.19. The number of rotatable bonds is 5. The monoisotopic (exact) mass is 279 g/mol. The van der Waals surface area contributed by atoms with Crippen molar-refractivity contribution in [3.8, 4) is 0 Å². The van der Waals surface area contributed by atoms with E-state index in [0.717, 1.165) is 11.3 Å². The lowest BCUT2D eigenvalue weighted by atomic mass is 10.1. The average Bonchev–Trinajstić information content (AvgIpc) is 2.76. The number of nitrogens with one attached hydrogen (secondary N) is 1. The van der Waals surface area contributed by atoms with Crippen LogP contribution in [0.4, 0.5) is 0 Å². The number of aromatic nitrogens is 2. The number of hydrogen-bond donors (Lipinski definition) is 3. The molecule has 0 saturated heterocycles. The highest BCUT2D eigenvalue weighted by Crippen LogP contribution is 2.16.